The Morgan fingerprint density at radius 3 is 2.68 bits per heavy atom. The molecule has 1 aromatic heterocycles. The van der Waals surface area contributed by atoms with Crippen LogP contribution in [-0.4, -0.2) is 16.5 Å². The van der Waals surface area contributed by atoms with Crippen LogP contribution < -0.4 is 5.32 Å². The summed E-state index contributed by atoms with van der Waals surface area (Å²) in [5, 5.41) is 3.99. The third-order valence-electron chi connectivity index (χ3n) is 2.80. The maximum atomic E-state index is 6.00. The van der Waals surface area contributed by atoms with E-state index in [2.05, 4.69) is 29.1 Å². The molecule has 0 aliphatic carbocycles. The van der Waals surface area contributed by atoms with Crippen LogP contribution in [0.2, 0.25) is 5.02 Å². The summed E-state index contributed by atoms with van der Waals surface area (Å²) in [5.74, 6) is 1.73. The lowest BCUT2D eigenvalue weighted by molar-refractivity contribution is 0.904. The Balaban J connectivity index is 2.26. The standard InChI is InChI=1S/C15H18ClN3/c1-3-13-10-14(17-4-2)19-15(18-13)9-11-6-5-7-12(16)8-11/h5-8,10H,3-4,9H2,1-2H3,(H,17,18,19). The van der Waals surface area contributed by atoms with E-state index < -0.39 is 0 Å². The highest BCUT2D eigenvalue weighted by molar-refractivity contribution is 6.30. The van der Waals surface area contributed by atoms with Crippen LogP contribution in [0.3, 0.4) is 0 Å². The van der Waals surface area contributed by atoms with Gasteiger partial charge >= 0.3 is 0 Å². The van der Waals surface area contributed by atoms with E-state index in [0.717, 1.165) is 40.9 Å². The van der Waals surface area contributed by atoms with Crippen LogP contribution in [0.1, 0.15) is 30.9 Å². The number of nitrogens with zero attached hydrogens (tertiary/aromatic N) is 2. The fourth-order valence-electron chi connectivity index (χ4n) is 1.91. The number of benzene rings is 1. The number of halogens is 1. The van der Waals surface area contributed by atoms with E-state index in [0.29, 0.717) is 6.42 Å². The van der Waals surface area contributed by atoms with Gasteiger partial charge in [-0.15, -0.1) is 0 Å². The van der Waals surface area contributed by atoms with Gasteiger partial charge in [0, 0.05) is 29.7 Å². The zero-order chi connectivity index (χ0) is 13.7. The Morgan fingerprint density at radius 1 is 1.16 bits per heavy atom. The second kappa shape index (κ2) is 6.53. The van der Waals surface area contributed by atoms with Crippen molar-refractivity contribution in [1.82, 2.24) is 9.97 Å². The first-order valence-electron chi connectivity index (χ1n) is 6.56. The molecule has 0 aliphatic rings. The zero-order valence-electron chi connectivity index (χ0n) is 11.3. The van der Waals surface area contributed by atoms with Crippen molar-refractivity contribution in [2.24, 2.45) is 0 Å². The van der Waals surface area contributed by atoms with Gasteiger partial charge in [-0.1, -0.05) is 30.7 Å². The number of hydrogen-bond acceptors (Lipinski definition) is 3. The number of rotatable bonds is 5. The molecule has 0 atom stereocenters. The molecule has 0 fully saturated rings. The Hall–Kier alpha value is -1.61. The van der Waals surface area contributed by atoms with E-state index in [-0.39, 0.29) is 0 Å². The van der Waals surface area contributed by atoms with Gasteiger partial charge in [-0.3, -0.25) is 0 Å². The Labute approximate surface area is 119 Å². The molecule has 0 spiro atoms. The van der Waals surface area contributed by atoms with Gasteiger partial charge in [-0.2, -0.15) is 0 Å². The molecular weight excluding hydrogens is 258 g/mol. The van der Waals surface area contributed by atoms with Gasteiger partial charge in [-0.25, -0.2) is 9.97 Å². The summed E-state index contributed by atoms with van der Waals surface area (Å²) < 4.78 is 0. The first kappa shape index (κ1) is 13.8. The van der Waals surface area contributed by atoms with Gasteiger partial charge in [0.15, 0.2) is 0 Å². The molecule has 3 nitrogen and oxygen atoms in total. The highest BCUT2D eigenvalue weighted by atomic mass is 35.5. The molecule has 0 unspecified atom stereocenters. The lowest BCUT2D eigenvalue weighted by atomic mass is 10.1. The van der Waals surface area contributed by atoms with Crippen molar-refractivity contribution in [3.63, 3.8) is 0 Å². The summed E-state index contributed by atoms with van der Waals surface area (Å²) >= 11 is 6.00. The summed E-state index contributed by atoms with van der Waals surface area (Å²) in [6, 6.07) is 9.83. The van der Waals surface area contributed by atoms with E-state index in [1.165, 1.54) is 0 Å². The van der Waals surface area contributed by atoms with Gasteiger partial charge in [0.05, 0.1) is 0 Å². The van der Waals surface area contributed by atoms with Crippen LogP contribution in [-0.2, 0) is 12.8 Å². The van der Waals surface area contributed by atoms with Crippen molar-refractivity contribution in [2.75, 3.05) is 11.9 Å². The number of anilines is 1. The molecular formula is C15H18ClN3. The third kappa shape index (κ3) is 3.93. The monoisotopic (exact) mass is 275 g/mol. The molecule has 100 valence electrons. The molecule has 1 heterocycles. The van der Waals surface area contributed by atoms with Crippen LogP contribution >= 0.6 is 11.6 Å². The molecule has 2 rings (SSSR count). The molecule has 1 aromatic carbocycles. The normalized spacial score (nSPS) is 10.5. The molecule has 0 bridgehead atoms. The second-order valence-corrected chi connectivity index (χ2v) is 4.79. The first-order chi connectivity index (χ1) is 9.21. The van der Waals surface area contributed by atoms with Crippen molar-refractivity contribution in [1.29, 1.82) is 0 Å². The predicted molar refractivity (Wildman–Crippen MR) is 79.8 cm³/mol. The number of aromatic nitrogens is 2. The lowest BCUT2D eigenvalue weighted by Gasteiger charge is -2.08. The van der Waals surface area contributed by atoms with Crippen LogP contribution in [0.15, 0.2) is 30.3 Å². The average Bonchev–Trinajstić information content (AvgIpc) is 2.39. The van der Waals surface area contributed by atoms with Crippen LogP contribution in [0.4, 0.5) is 5.82 Å². The summed E-state index contributed by atoms with van der Waals surface area (Å²) in [4.78, 5) is 9.10. The fraction of sp³-hybridized carbons (Fsp3) is 0.333. The second-order valence-electron chi connectivity index (χ2n) is 4.35. The summed E-state index contributed by atoms with van der Waals surface area (Å²) in [6.45, 7) is 5.02. The van der Waals surface area contributed by atoms with Gasteiger partial charge in [0.25, 0.3) is 0 Å². The fourth-order valence-corrected chi connectivity index (χ4v) is 2.13. The summed E-state index contributed by atoms with van der Waals surface area (Å²) in [5.41, 5.74) is 2.19. The number of nitrogens with one attached hydrogen (secondary N) is 1. The highest BCUT2D eigenvalue weighted by Gasteiger charge is 2.05. The molecule has 0 saturated carbocycles. The number of aryl methyl sites for hydroxylation is 1. The molecule has 2 aromatic rings. The van der Waals surface area contributed by atoms with Gasteiger partial charge in [0.1, 0.15) is 11.6 Å². The molecule has 0 radical (unpaired) electrons. The zero-order valence-corrected chi connectivity index (χ0v) is 12.0. The van der Waals surface area contributed by atoms with E-state index in [4.69, 9.17) is 11.6 Å². The summed E-state index contributed by atoms with van der Waals surface area (Å²) in [6.07, 6.45) is 1.61. The minimum atomic E-state index is 0.701. The van der Waals surface area contributed by atoms with E-state index >= 15 is 0 Å². The maximum Gasteiger partial charge on any atom is 0.135 e. The van der Waals surface area contributed by atoms with Crippen LogP contribution in [0, 0.1) is 0 Å². The number of hydrogen-bond donors (Lipinski definition) is 1. The van der Waals surface area contributed by atoms with E-state index in [9.17, 15) is 0 Å². The van der Waals surface area contributed by atoms with E-state index in [1.807, 2.05) is 30.3 Å². The summed E-state index contributed by atoms with van der Waals surface area (Å²) in [7, 11) is 0. The van der Waals surface area contributed by atoms with Crippen molar-refractivity contribution in [3.05, 3.63) is 52.4 Å². The Bertz CT molecular complexity index is 555. The lowest BCUT2D eigenvalue weighted by Crippen LogP contribution is -2.06. The van der Waals surface area contributed by atoms with Crippen molar-refractivity contribution in [2.45, 2.75) is 26.7 Å². The molecule has 19 heavy (non-hydrogen) atoms. The van der Waals surface area contributed by atoms with Crippen molar-refractivity contribution in [3.8, 4) is 0 Å². The van der Waals surface area contributed by atoms with E-state index in [1.54, 1.807) is 0 Å². The third-order valence-corrected chi connectivity index (χ3v) is 3.03. The van der Waals surface area contributed by atoms with Crippen molar-refractivity contribution < 1.29 is 0 Å². The predicted octanol–water partition coefficient (Wildman–Crippen LogP) is 3.72. The molecule has 4 heteroatoms. The SMILES string of the molecule is CCNc1cc(CC)nc(Cc2cccc(Cl)c2)n1. The largest absolute Gasteiger partial charge is 0.370 e. The smallest absolute Gasteiger partial charge is 0.135 e. The van der Waals surface area contributed by atoms with Crippen molar-refractivity contribution >= 4 is 17.4 Å². The van der Waals surface area contributed by atoms with Gasteiger partial charge in [0.2, 0.25) is 0 Å². The highest BCUT2D eigenvalue weighted by Crippen LogP contribution is 2.15. The van der Waals surface area contributed by atoms with Crippen LogP contribution in [0.25, 0.3) is 0 Å². The van der Waals surface area contributed by atoms with Gasteiger partial charge in [-0.05, 0) is 31.0 Å². The quantitative estimate of drug-likeness (QED) is 0.904. The minimum absolute atomic E-state index is 0.701. The minimum Gasteiger partial charge on any atom is -0.370 e. The first-order valence-corrected chi connectivity index (χ1v) is 6.94. The molecule has 0 aliphatic heterocycles. The Morgan fingerprint density at radius 2 is 2.00 bits per heavy atom. The van der Waals surface area contributed by atoms with Crippen LogP contribution in [0.5, 0.6) is 0 Å². The molecule has 0 saturated heterocycles. The molecule has 0 amide bonds. The average molecular weight is 276 g/mol. The topological polar surface area (TPSA) is 37.8 Å². The van der Waals surface area contributed by atoms with Gasteiger partial charge < -0.3 is 5.32 Å². The molecule has 1 N–H and O–H groups in total. The maximum absolute atomic E-state index is 6.00. The Kier molecular flexibility index (Phi) is 4.74.